The van der Waals surface area contributed by atoms with Crippen molar-refractivity contribution in [2.45, 2.75) is 44.9 Å². The standard InChI is InChI=1S/C15H19N5O7/c1-8-3-19(12-2-10(22)11(7-21)27-12)15(26)20(14(8)25)5-9-4-18(17-16-9)6-13(23)24/h3-4,10-12,21-22H,2,5-7H2,1H3,(H,23,24)/t10-,11+,12+/m0/s1. The van der Waals surface area contributed by atoms with Crippen molar-refractivity contribution in [2.75, 3.05) is 6.61 Å². The molecule has 0 amide bonds. The lowest BCUT2D eigenvalue weighted by Crippen LogP contribution is -2.42. The fourth-order valence-electron chi connectivity index (χ4n) is 2.94. The average Bonchev–Trinajstić information content (AvgIpc) is 3.20. The summed E-state index contributed by atoms with van der Waals surface area (Å²) in [4.78, 5) is 35.9. The molecule has 0 aliphatic carbocycles. The number of hydrogen-bond donors (Lipinski definition) is 3. The van der Waals surface area contributed by atoms with Gasteiger partial charge in [0.15, 0.2) is 0 Å². The van der Waals surface area contributed by atoms with E-state index >= 15 is 0 Å². The van der Waals surface area contributed by atoms with Crippen LogP contribution in [-0.4, -0.2) is 64.2 Å². The van der Waals surface area contributed by atoms with E-state index in [9.17, 15) is 24.6 Å². The van der Waals surface area contributed by atoms with E-state index in [1.165, 1.54) is 23.9 Å². The van der Waals surface area contributed by atoms with Crippen LogP contribution in [-0.2, 0) is 22.6 Å². The van der Waals surface area contributed by atoms with Crippen molar-refractivity contribution in [3.8, 4) is 0 Å². The molecule has 27 heavy (non-hydrogen) atoms. The highest BCUT2D eigenvalue weighted by Gasteiger charge is 2.35. The Bertz CT molecular complexity index is 962. The first-order chi connectivity index (χ1) is 12.8. The third kappa shape index (κ3) is 3.82. The van der Waals surface area contributed by atoms with Crippen LogP contribution in [0.1, 0.15) is 23.9 Å². The predicted molar refractivity (Wildman–Crippen MR) is 88.1 cm³/mol. The van der Waals surface area contributed by atoms with Gasteiger partial charge in [-0.15, -0.1) is 5.10 Å². The molecule has 2 aromatic heterocycles. The van der Waals surface area contributed by atoms with Crippen molar-refractivity contribution >= 4 is 5.97 Å². The Labute approximate surface area is 151 Å². The summed E-state index contributed by atoms with van der Waals surface area (Å²) in [6.45, 7) is 0.552. The Balaban J connectivity index is 1.93. The maximum absolute atomic E-state index is 12.8. The van der Waals surface area contributed by atoms with E-state index in [0.717, 1.165) is 9.25 Å². The number of hydrogen-bond acceptors (Lipinski definition) is 8. The lowest BCUT2D eigenvalue weighted by atomic mass is 10.2. The van der Waals surface area contributed by atoms with Gasteiger partial charge in [-0.05, 0) is 6.92 Å². The van der Waals surface area contributed by atoms with Gasteiger partial charge in [0, 0.05) is 18.2 Å². The Hall–Kier alpha value is -2.83. The van der Waals surface area contributed by atoms with Gasteiger partial charge in [-0.25, -0.2) is 9.48 Å². The first-order valence-corrected chi connectivity index (χ1v) is 8.18. The number of carbonyl (C=O) groups is 1. The number of ether oxygens (including phenoxy) is 1. The molecule has 12 nitrogen and oxygen atoms in total. The second kappa shape index (κ2) is 7.42. The van der Waals surface area contributed by atoms with Crippen molar-refractivity contribution in [3.05, 3.63) is 44.5 Å². The molecule has 0 spiro atoms. The molecule has 12 heteroatoms. The molecule has 1 saturated heterocycles. The molecule has 1 aliphatic heterocycles. The minimum absolute atomic E-state index is 0.0948. The summed E-state index contributed by atoms with van der Waals surface area (Å²) in [6, 6.07) is 0. The van der Waals surface area contributed by atoms with Gasteiger partial charge in [-0.3, -0.25) is 18.7 Å². The molecule has 0 radical (unpaired) electrons. The maximum Gasteiger partial charge on any atom is 0.333 e. The monoisotopic (exact) mass is 381 g/mol. The zero-order valence-electron chi connectivity index (χ0n) is 14.4. The highest BCUT2D eigenvalue weighted by Crippen LogP contribution is 2.27. The summed E-state index contributed by atoms with van der Waals surface area (Å²) in [7, 11) is 0. The molecule has 3 rings (SSSR count). The predicted octanol–water partition coefficient (Wildman–Crippen LogP) is -2.32. The number of aliphatic hydroxyl groups is 2. The molecule has 1 fully saturated rings. The lowest BCUT2D eigenvalue weighted by Gasteiger charge is -2.17. The Morgan fingerprint density at radius 1 is 1.37 bits per heavy atom. The van der Waals surface area contributed by atoms with E-state index in [4.69, 9.17) is 9.84 Å². The Morgan fingerprint density at radius 2 is 2.11 bits per heavy atom. The molecule has 1 aliphatic rings. The molecule has 0 bridgehead atoms. The lowest BCUT2D eigenvalue weighted by molar-refractivity contribution is -0.137. The SMILES string of the molecule is Cc1cn([C@H]2C[C@H](O)[C@@H](CO)O2)c(=O)n(Cc2cn(CC(=O)O)nn2)c1=O. The van der Waals surface area contributed by atoms with Crippen LogP contribution in [0.5, 0.6) is 0 Å². The summed E-state index contributed by atoms with van der Waals surface area (Å²) >= 11 is 0. The molecule has 0 unspecified atom stereocenters. The number of carboxylic acids is 1. The molecule has 146 valence electrons. The molecule has 0 aromatic carbocycles. The van der Waals surface area contributed by atoms with Gasteiger partial charge in [-0.2, -0.15) is 0 Å². The number of aryl methyl sites for hydroxylation is 1. The zero-order chi connectivity index (χ0) is 19.7. The van der Waals surface area contributed by atoms with E-state index in [2.05, 4.69) is 10.3 Å². The van der Waals surface area contributed by atoms with Gasteiger partial charge in [0.25, 0.3) is 5.56 Å². The largest absolute Gasteiger partial charge is 0.480 e. The highest BCUT2D eigenvalue weighted by atomic mass is 16.5. The summed E-state index contributed by atoms with van der Waals surface area (Å²) in [6.07, 6.45) is 0.224. The topological polar surface area (TPSA) is 162 Å². The molecule has 3 atom stereocenters. The summed E-state index contributed by atoms with van der Waals surface area (Å²) in [5.41, 5.74) is -0.679. The summed E-state index contributed by atoms with van der Waals surface area (Å²) in [5, 5.41) is 35.3. The van der Waals surface area contributed by atoms with Crippen molar-refractivity contribution in [2.24, 2.45) is 0 Å². The number of aromatic nitrogens is 5. The smallest absolute Gasteiger partial charge is 0.333 e. The number of aliphatic carboxylic acids is 1. The third-order valence-electron chi connectivity index (χ3n) is 4.26. The molecular weight excluding hydrogens is 362 g/mol. The number of aliphatic hydroxyl groups excluding tert-OH is 2. The van der Waals surface area contributed by atoms with E-state index in [1.54, 1.807) is 0 Å². The van der Waals surface area contributed by atoms with Crippen LogP contribution in [0.4, 0.5) is 0 Å². The van der Waals surface area contributed by atoms with Gasteiger partial charge in [0.1, 0.15) is 24.6 Å². The Morgan fingerprint density at radius 3 is 2.74 bits per heavy atom. The van der Waals surface area contributed by atoms with Crippen molar-refractivity contribution in [1.29, 1.82) is 0 Å². The molecule has 3 heterocycles. The zero-order valence-corrected chi connectivity index (χ0v) is 14.4. The minimum atomic E-state index is -1.10. The van der Waals surface area contributed by atoms with Crippen LogP contribution >= 0.6 is 0 Å². The van der Waals surface area contributed by atoms with Gasteiger partial charge < -0.3 is 20.1 Å². The second-order valence-electron chi connectivity index (χ2n) is 6.31. The fraction of sp³-hybridized carbons (Fsp3) is 0.533. The maximum atomic E-state index is 12.8. The average molecular weight is 381 g/mol. The molecule has 3 N–H and O–H groups in total. The molecular formula is C15H19N5O7. The van der Waals surface area contributed by atoms with Gasteiger partial charge in [0.05, 0.1) is 25.5 Å². The Kier molecular flexibility index (Phi) is 5.21. The third-order valence-corrected chi connectivity index (χ3v) is 4.26. The van der Waals surface area contributed by atoms with Crippen molar-refractivity contribution in [1.82, 2.24) is 24.1 Å². The highest BCUT2D eigenvalue weighted by molar-refractivity contribution is 5.66. The van der Waals surface area contributed by atoms with Crippen molar-refractivity contribution in [3.63, 3.8) is 0 Å². The van der Waals surface area contributed by atoms with E-state index in [-0.39, 0.29) is 24.2 Å². The van der Waals surface area contributed by atoms with Gasteiger partial charge in [0.2, 0.25) is 0 Å². The first-order valence-electron chi connectivity index (χ1n) is 8.18. The fourth-order valence-corrected chi connectivity index (χ4v) is 2.94. The first kappa shape index (κ1) is 18.9. The van der Waals surface area contributed by atoms with Crippen LogP contribution in [0.25, 0.3) is 0 Å². The van der Waals surface area contributed by atoms with E-state index in [0.29, 0.717) is 0 Å². The molecule has 2 aromatic rings. The van der Waals surface area contributed by atoms with Crippen LogP contribution in [0.15, 0.2) is 22.0 Å². The van der Waals surface area contributed by atoms with Crippen LogP contribution < -0.4 is 11.2 Å². The van der Waals surface area contributed by atoms with Gasteiger partial charge >= 0.3 is 11.7 Å². The number of rotatable bonds is 6. The summed E-state index contributed by atoms with van der Waals surface area (Å²) in [5.74, 6) is -1.10. The normalized spacial score (nSPS) is 22.3. The minimum Gasteiger partial charge on any atom is -0.480 e. The van der Waals surface area contributed by atoms with Crippen molar-refractivity contribution < 1.29 is 24.9 Å². The number of carboxylic acid groups (broad SMARTS) is 1. The molecule has 0 saturated carbocycles. The van der Waals surface area contributed by atoms with E-state index < -0.39 is 48.8 Å². The van der Waals surface area contributed by atoms with Gasteiger partial charge in [-0.1, -0.05) is 5.21 Å². The quantitative estimate of drug-likeness (QED) is 0.499. The number of nitrogens with zero attached hydrogens (tertiary/aromatic N) is 5. The van der Waals surface area contributed by atoms with Crippen LogP contribution in [0.2, 0.25) is 0 Å². The van der Waals surface area contributed by atoms with Crippen LogP contribution in [0, 0.1) is 6.92 Å². The van der Waals surface area contributed by atoms with E-state index in [1.807, 2.05) is 0 Å². The second-order valence-corrected chi connectivity index (χ2v) is 6.31. The summed E-state index contributed by atoms with van der Waals surface area (Å²) < 4.78 is 8.70. The van der Waals surface area contributed by atoms with Crippen LogP contribution in [0.3, 0.4) is 0 Å².